The van der Waals surface area contributed by atoms with Crippen molar-refractivity contribution >= 4 is 28.3 Å². The summed E-state index contributed by atoms with van der Waals surface area (Å²) in [6.07, 6.45) is 0.985. The van der Waals surface area contributed by atoms with E-state index in [9.17, 15) is 13.2 Å². The van der Waals surface area contributed by atoms with Crippen molar-refractivity contribution in [1.29, 1.82) is 0 Å². The van der Waals surface area contributed by atoms with E-state index in [2.05, 4.69) is 5.32 Å². The lowest BCUT2D eigenvalue weighted by Gasteiger charge is -2.33. The Morgan fingerprint density at radius 3 is 2.22 bits per heavy atom. The van der Waals surface area contributed by atoms with E-state index in [1.165, 1.54) is 4.31 Å². The molecule has 1 fully saturated rings. The highest BCUT2D eigenvalue weighted by atomic mass is 35.5. The first-order valence-electron chi connectivity index (χ1n) is 9.02. The number of halogens is 1. The van der Waals surface area contributed by atoms with Crippen LogP contribution in [-0.4, -0.2) is 50.5 Å². The molecule has 0 bridgehead atoms. The van der Waals surface area contributed by atoms with Gasteiger partial charge in [-0.1, -0.05) is 26.0 Å². The summed E-state index contributed by atoms with van der Waals surface area (Å²) in [5.74, 6) is -0.201. The molecule has 0 saturated carbocycles. The highest BCUT2D eigenvalue weighted by Gasteiger charge is 2.36. The van der Waals surface area contributed by atoms with Crippen molar-refractivity contribution in [3.8, 4) is 0 Å². The number of ether oxygens (including phenoxy) is 1. The summed E-state index contributed by atoms with van der Waals surface area (Å²) in [6.45, 7) is 7.30. The molecule has 0 aliphatic carbocycles. The van der Waals surface area contributed by atoms with Gasteiger partial charge in [-0.2, -0.15) is 4.31 Å². The predicted molar refractivity (Wildman–Crippen MR) is 107 cm³/mol. The first-order valence-corrected chi connectivity index (χ1v) is 10.5. The number of hydrogen-bond acceptors (Lipinski definition) is 5. The highest BCUT2D eigenvalue weighted by Crippen LogP contribution is 2.22. The molecule has 154 valence electrons. The molecule has 1 aromatic rings. The van der Waals surface area contributed by atoms with Gasteiger partial charge in [0.25, 0.3) is 0 Å². The maximum Gasteiger partial charge on any atom is 0.243 e. The van der Waals surface area contributed by atoms with Gasteiger partial charge in [-0.3, -0.25) is 4.79 Å². The molecule has 1 aliphatic heterocycles. The molecule has 9 heteroatoms. The van der Waals surface area contributed by atoms with Crippen molar-refractivity contribution in [2.75, 3.05) is 26.3 Å². The summed E-state index contributed by atoms with van der Waals surface area (Å²) in [6, 6.07) is 6.36. The molecule has 1 aromatic carbocycles. The Kier molecular flexibility index (Phi) is 8.69. The Hall–Kier alpha value is -1.19. The summed E-state index contributed by atoms with van der Waals surface area (Å²) < 4.78 is 31.7. The van der Waals surface area contributed by atoms with Crippen LogP contribution in [0.5, 0.6) is 0 Å². The average Bonchev–Trinajstić information content (AvgIpc) is 2.63. The summed E-state index contributed by atoms with van der Waals surface area (Å²) in [5, 5.41) is 2.93. The molecule has 7 nitrogen and oxygen atoms in total. The minimum atomic E-state index is -3.48. The second-order valence-electron chi connectivity index (χ2n) is 6.62. The van der Waals surface area contributed by atoms with Gasteiger partial charge < -0.3 is 15.8 Å². The summed E-state index contributed by atoms with van der Waals surface area (Å²) in [4.78, 5) is 12.8. The quantitative estimate of drug-likeness (QED) is 0.701. The van der Waals surface area contributed by atoms with E-state index >= 15 is 0 Å². The third-order valence-electron chi connectivity index (χ3n) is 4.91. The summed E-state index contributed by atoms with van der Waals surface area (Å²) in [7, 11) is -3.48. The maximum atomic E-state index is 12.5. The number of nitrogens with zero attached hydrogens (tertiary/aromatic N) is 1. The second kappa shape index (κ2) is 9.84. The highest BCUT2D eigenvalue weighted by molar-refractivity contribution is 7.89. The molecule has 1 saturated heterocycles. The number of nitrogens with two attached hydrogens (primary N) is 1. The van der Waals surface area contributed by atoms with Crippen molar-refractivity contribution < 1.29 is 17.9 Å². The number of rotatable bonds is 7. The lowest BCUT2D eigenvalue weighted by molar-refractivity contribution is -0.130. The second-order valence-corrected chi connectivity index (χ2v) is 8.56. The van der Waals surface area contributed by atoms with Crippen LogP contribution in [0.2, 0.25) is 0 Å². The lowest BCUT2D eigenvalue weighted by Crippen LogP contribution is -2.57. The molecular weight excluding hydrogens is 390 g/mol. The number of sulfonamides is 1. The molecule has 3 N–H and O–H groups in total. The number of nitrogens with one attached hydrogen (secondary N) is 1. The zero-order chi connectivity index (χ0) is 19.4. The fourth-order valence-corrected chi connectivity index (χ4v) is 4.49. The van der Waals surface area contributed by atoms with Crippen molar-refractivity contribution in [3.05, 3.63) is 29.8 Å². The van der Waals surface area contributed by atoms with Crippen LogP contribution < -0.4 is 11.1 Å². The van der Waals surface area contributed by atoms with Crippen LogP contribution in [-0.2, 0) is 19.6 Å². The van der Waals surface area contributed by atoms with Gasteiger partial charge in [0.05, 0.1) is 16.5 Å². The topological polar surface area (TPSA) is 102 Å². The third-order valence-corrected chi connectivity index (χ3v) is 6.97. The molecule has 0 aromatic heterocycles. The standard InChI is InChI=1S/C18H29N3O4S.ClH/c1-4-21(5-2)26(23,24)16-8-6-15(7-9-16)14(3)20-17(22)18(19)10-12-25-13-11-18;/h6-9,14H,4-5,10-13,19H2,1-3H3,(H,20,22);1H. The maximum absolute atomic E-state index is 12.5. The van der Waals surface area contributed by atoms with Crippen molar-refractivity contribution in [2.24, 2.45) is 5.73 Å². The average molecular weight is 420 g/mol. The first-order chi connectivity index (χ1) is 12.2. The smallest absolute Gasteiger partial charge is 0.243 e. The molecular formula is C18H30ClN3O4S. The van der Waals surface area contributed by atoms with Gasteiger partial charge >= 0.3 is 0 Å². The number of carbonyl (C=O) groups excluding carboxylic acids is 1. The van der Waals surface area contributed by atoms with Gasteiger partial charge in [0.2, 0.25) is 15.9 Å². The summed E-state index contributed by atoms with van der Waals surface area (Å²) >= 11 is 0. The van der Waals surface area contributed by atoms with Crippen molar-refractivity contribution in [1.82, 2.24) is 9.62 Å². The van der Waals surface area contributed by atoms with Crippen molar-refractivity contribution in [3.63, 3.8) is 0 Å². The minimum Gasteiger partial charge on any atom is -0.381 e. The van der Waals surface area contributed by atoms with Crippen LogP contribution in [0, 0.1) is 0 Å². The van der Waals surface area contributed by atoms with E-state index in [0.717, 1.165) is 5.56 Å². The first kappa shape index (κ1) is 23.8. The molecule has 1 unspecified atom stereocenters. The fourth-order valence-electron chi connectivity index (χ4n) is 3.03. The van der Waals surface area contributed by atoms with E-state index in [1.54, 1.807) is 24.3 Å². The Balaban J connectivity index is 0.00000364. The third kappa shape index (κ3) is 5.42. The van der Waals surface area contributed by atoms with Crippen LogP contribution in [0.4, 0.5) is 0 Å². The van der Waals surface area contributed by atoms with Gasteiger partial charge in [0, 0.05) is 26.3 Å². The Morgan fingerprint density at radius 2 is 1.74 bits per heavy atom. The van der Waals surface area contributed by atoms with E-state index in [-0.39, 0.29) is 29.3 Å². The van der Waals surface area contributed by atoms with Crippen LogP contribution in [0.25, 0.3) is 0 Å². The van der Waals surface area contributed by atoms with Gasteiger partial charge in [-0.25, -0.2) is 8.42 Å². The zero-order valence-corrected chi connectivity index (χ0v) is 17.7. The van der Waals surface area contributed by atoms with Crippen molar-refractivity contribution in [2.45, 2.75) is 50.1 Å². The fraction of sp³-hybridized carbons (Fsp3) is 0.611. The molecule has 27 heavy (non-hydrogen) atoms. The molecule has 0 spiro atoms. The number of amides is 1. The largest absolute Gasteiger partial charge is 0.381 e. The van der Waals surface area contributed by atoms with Crippen LogP contribution in [0.3, 0.4) is 0 Å². The monoisotopic (exact) mass is 419 g/mol. The lowest BCUT2D eigenvalue weighted by atomic mass is 9.90. The van der Waals surface area contributed by atoms with Crippen LogP contribution in [0.1, 0.15) is 45.2 Å². The van der Waals surface area contributed by atoms with Gasteiger partial charge in [-0.05, 0) is 37.5 Å². The Morgan fingerprint density at radius 1 is 1.22 bits per heavy atom. The molecule has 1 aliphatic rings. The number of carbonyl (C=O) groups is 1. The van der Waals surface area contributed by atoms with E-state index < -0.39 is 15.6 Å². The van der Waals surface area contributed by atoms with E-state index in [0.29, 0.717) is 39.1 Å². The SMILES string of the molecule is CCN(CC)S(=O)(=O)c1ccc(C(C)NC(=O)C2(N)CCOCC2)cc1.Cl. The molecule has 0 radical (unpaired) electrons. The number of benzene rings is 1. The van der Waals surface area contributed by atoms with Gasteiger partial charge in [0.1, 0.15) is 0 Å². The molecule has 1 amide bonds. The zero-order valence-electron chi connectivity index (χ0n) is 16.1. The Bertz CT molecular complexity index is 715. The number of hydrogen-bond donors (Lipinski definition) is 2. The summed E-state index contributed by atoms with van der Waals surface area (Å²) in [5.41, 5.74) is 6.12. The predicted octanol–water partition coefficient (Wildman–Crippen LogP) is 1.82. The van der Waals surface area contributed by atoms with E-state index in [4.69, 9.17) is 10.5 Å². The van der Waals surface area contributed by atoms with Crippen LogP contribution in [0.15, 0.2) is 29.2 Å². The molecule has 1 heterocycles. The Labute approximate surface area is 168 Å². The normalized spacial score (nSPS) is 17.8. The molecule has 2 rings (SSSR count). The molecule has 1 atom stereocenters. The van der Waals surface area contributed by atoms with Gasteiger partial charge in [-0.15, -0.1) is 12.4 Å². The van der Waals surface area contributed by atoms with Crippen LogP contribution >= 0.6 is 12.4 Å². The minimum absolute atomic E-state index is 0. The van der Waals surface area contributed by atoms with Gasteiger partial charge in [0.15, 0.2) is 0 Å². The van der Waals surface area contributed by atoms with E-state index in [1.807, 2.05) is 20.8 Å².